The van der Waals surface area contributed by atoms with Crippen LogP contribution in [0.2, 0.25) is 0 Å². The summed E-state index contributed by atoms with van der Waals surface area (Å²) in [6.07, 6.45) is 5.07. The zero-order valence-corrected chi connectivity index (χ0v) is 13.5. The molecule has 4 rings (SSSR count). The Balaban J connectivity index is 1.55. The van der Waals surface area contributed by atoms with Crippen LogP contribution in [0.25, 0.3) is 10.8 Å². The first-order valence-electron chi connectivity index (χ1n) is 7.36. The number of thiophene rings is 1. The summed E-state index contributed by atoms with van der Waals surface area (Å²) in [5.74, 6) is 0.555. The van der Waals surface area contributed by atoms with Gasteiger partial charge < -0.3 is 4.42 Å². The fraction of sp³-hybridized carbons (Fsp3) is 0.400. The lowest BCUT2D eigenvalue weighted by atomic mass is 10.1. The van der Waals surface area contributed by atoms with Gasteiger partial charge in [-0.2, -0.15) is 4.68 Å². The molecule has 3 aromatic heterocycles. The first-order chi connectivity index (χ1) is 10.8. The van der Waals surface area contributed by atoms with Crippen LogP contribution in [0.3, 0.4) is 0 Å². The first kappa shape index (κ1) is 13.9. The predicted octanol–water partition coefficient (Wildman–Crippen LogP) is 3.73. The van der Waals surface area contributed by atoms with Gasteiger partial charge in [0.25, 0.3) is 5.89 Å². The van der Waals surface area contributed by atoms with E-state index in [4.69, 9.17) is 4.42 Å². The van der Waals surface area contributed by atoms with Crippen molar-refractivity contribution >= 4 is 22.7 Å². The lowest BCUT2D eigenvalue weighted by Gasteiger charge is -2.02. The largest absolute Gasteiger partial charge is 0.437 e. The summed E-state index contributed by atoms with van der Waals surface area (Å²) in [7, 11) is 0. The highest BCUT2D eigenvalue weighted by atomic mass is 32.1. The summed E-state index contributed by atoms with van der Waals surface area (Å²) in [5, 5.41) is 9.42. The zero-order valence-electron chi connectivity index (χ0n) is 11.9. The van der Waals surface area contributed by atoms with Crippen molar-refractivity contribution in [2.45, 2.75) is 38.1 Å². The molecule has 0 bridgehead atoms. The van der Waals surface area contributed by atoms with Crippen molar-refractivity contribution < 1.29 is 4.42 Å². The average molecular weight is 333 g/mol. The number of hydrogen-bond donors (Lipinski definition) is 0. The molecule has 0 aromatic carbocycles. The summed E-state index contributed by atoms with van der Waals surface area (Å²) in [6, 6.07) is 3.80. The van der Waals surface area contributed by atoms with E-state index in [-0.39, 0.29) is 0 Å². The highest BCUT2D eigenvalue weighted by molar-refractivity contribution is 7.13. The minimum atomic E-state index is -0.432. The van der Waals surface area contributed by atoms with Gasteiger partial charge in [-0.3, -0.25) is 0 Å². The van der Waals surface area contributed by atoms with Gasteiger partial charge in [0, 0.05) is 11.3 Å². The minimum Gasteiger partial charge on any atom is -0.387 e. The lowest BCUT2D eigenvalue weighted by molar-refractivity contribution is 0.494. The van der Waals surface area contributed by atoms with Gasteiger partial charge in [-0.25, -0.2) is 9.78 Å². The van der Waals surface area contributed by atoms with E-state index in [0.29, 0.717) is 18.4 Å². The van der Waals surface area contributed by atoms with E-state index in [2.05, 4.69) is 10.1 Å². The Bertz CT molecular complexity index is 810. The molecule has 1 fully saturated rings. The van der Waals surface area contributed by atoms with Gasteiger partial charge in [-0.05, 0) is 24.3 Å². The van der Waals surface area contributed by atoms with E-state index < -0.39 is 5.76 Å². The third-order valence-electron chi connectivity index (χ3n) is 3.92. The molecule has 5 nitrogen and oxygen atoms in total. The summed E-state index contributed by atoms with van der Waals surface area (Å²) >= 11 is 3.20. The molecule has 7 heteroatoms. The van der Waals surface area contributed by atoms with Crippen LogP contribution in [-0.4, -0.2) is 14.8 Å². The van der Waals surface area contributed by atoms with Crippen molar-refractivity contribution in [3.63, 3.8) is 0 Å². The van der Waals surface area contributed by atoms with Gasteiger partial charge in [0.2, 0.25) is 0 Å². The molecule has 0 aliphatic heterocycles. The van der Waals surface area contributed by atoms with Gasteiger partial charge in [-0.1, -0.05) is 18.9 Å². The van der Waals surface area contributed by atoms with Crippen LogP contribution in [-0.2, 0) is 6.54 Å². The fourth-order valence-corrected chi connectivity index (χ4v) is 4.44. The molecule has 0 spiro atoms. The van der Waals surface area contributed by atoms with E-state index in [1.165, 1.54) is 46.7 Å². The second-order valence-electron chi connectivity index (χ2n) is 5.47. The number of aromatic nitrogens is 3. The fourth-order valence-electron chi connectivity index (χ4n) is 2.81. The highest BCUT2D eigenvalue weighted by Gasteiger charge is 2.20. The molecular formula is C15H15N3O2S2. The maximum absolute atomic E-state index is 11.9. The summed E-state index contributed by atoms with van der Waals surface area (Å²) in [5.41, 5.74) is 0.889. The van der Waals surface area contributed by atoms with Crippen molar-refractivity contribution in [3.8, 4) is 10.8 Å². The van der Waals surface area contributed by atoms with Crippen molar-refractivity contribution in [2.75, 3.05) is 0 Å². The van der Waals surface area contributed by atoms with Crippen molar-refractivity contribution in [2.24, 2.45) is 0 Å². The molecule has 1 aliphatic rings. The molecule has 0 N–H and O–H groups in total. The van der Waals surface area contributed by atoms with E-state index in [9.17, 15) is 4.79 Å². The number of nitrogens with zero attached hydrogens (tertiary/aromatic N) is 3. The molecular weight excluding hydrogens is 318 g/mol. The molecule has 1 aliphatic carbocycles. The van der Waals surface area contributed by atoms with Gasteiger partial charge in [-0.15, -0.1) is 27.8 Å². The Hall–Kier alpha value is -1.73. The van der Waals surface area contributed by atoms with E-state index >= 15 is 0 Å². The lowest BCUT2D eigenvalue weighted by Crippen LogP contribution is -2.16. The predicted molar refractivity (Wildman–Crippen MR) is 86.5 cm³/mol. The van der Waals surface area contributed by atoms with Crippen LogP contribution in [0.15, 0.2) is 32.1 Å². The third-order valence-corrected chi connectivity index (χ3v) is 5.84. The van der Waals surface area contributed by atoms with Crippen molar-refractivity contribution in [1.29, 1.82) is 0 Å². The summed E-state index contributed by atoms with van der Waals surface area (Å²) in [4.78, 5) is 17.5. The van der Waals surface area contributed by atoms with Gasteiger partial charge in [0.1, 0.15) is 0 Å². The van der Waals surface area contributed by atoms with E-state index in [1.54, 1.807) is 11.3 Å². The van der Waals surface area contributed by atoms with E-state index in [0.717, 1.165) is 10.6 Å². The summed E-state index contributed by atoms with van der Waals surface area (Å²) in [6.45, 7) is 0.372. The van der Waals surface area contributed by atoms with Crippen LogP contribution in [0.5, 0.6) is 0 Å². The van der Waals surface area contributed by atoms with Gasteiger partial charge in [0.05, 0.1) is 22.1 Å². The maximum atomic E-state index is 11.9. The topological polar surface area (TPSA) is 60.9 Å². The number of hydrogen-bond acceptors (Lipinski definition) is 6. The second-order valence-corrected chi connectivity index (χ2v) is 7.30. The van der Waals surface area contributed by atoms with Gasteiger partial charge >= 0.3 is 5.76 Å². The SMILES string of the molecule is O=c1oc(-c2cccs2)nn1Cc1csc(C2CCCC2)n1. The average Bonchev–Trinajstić information content (AvgIpc) is 3.28. The van der Waals surface area contributed by atoms with Crippen LogP contribution in [0, 0.1) is 0 Å². The van der Waals surface area contributed by atoms with Crippen LogP contribution < -0.4 is 5.76 Å². The minimum absolute atomic E-state index is 0.372. The standard InChI is InChI=1S/C15H15N3O2S2/c19-15-18(17-13(20-15)12-6-3-7-21-12)8-11-9-22-14(16-11)10-4-1-2-5-10/h3,6-7,9-10H,1-2,4-5,8H2. The molecule has 0 unspecified atom stereocenters. The smallest absolute Gasteiger partial charge is 0.387 e. The Morgan fingerprint density at radius 1 is 1.32 bits per heavy atom. The molecule has 1 saturated carbocycles. The Morgan fingerprint density at radius 2 is 2.18 bits per heavy atom. The monoisotopic (exact) mass is 333 g/mol. The van der Waals surface area contributed by atoms with Crippen LogP contribution >= 0.6 is 22.7 Å². The number of thiazole rings is 1. The normalized spacial score (nSPS) is 15.6. The molecule has 3 aromatic rings. The zero-order chi connectivity index (χ0) is 14.9. The van der Waals surface area contributed by atoms with Crippen LogP contribution in [0.4, 0.5) is 0 Å². The molecule has 3 heterocycles. The Labute approximate surface area is 135 Å². The van der Waals surface area contributed by atoms with Gasteiger partial charge in [0.15, 0.2) is 0 Å². The van der Waals surface area contributed by atoms with Crippen molar-refractivity contribution in [1.82, 2.24) is 14.8 Å². The molecule has 0 amide bonds. The molecule has 0 atom stereocenters. The molecule has 0 radical (unpaired) electrons. The van der Waals surface area contributed by atoms with Crippen LogP contribution in [0.1, 0.15) is 42.3 Å². The van der Waals surface area contributed by atoms with E-state index in [1.807, 2.05) is 22.9 Å². The Morgan fingerprint density at radius 3 is 2.95 bits per heavy atom. The second kappa shape index (κ2) is 5.81. The van der Waals surface area contributed by atoms with Crippen molar-refractivity contribution in [3.05, 3.63) is 44.1 Å². The third kappa shape index (κ3) is 2.66. The molecule has 0 saturated heterocycles. The first-order valence-corrected chi connectivity index (χ1v) is 9.11. The highest BCUT2D eigenvalue weighted by Crippen LogP contribution is 2.35. The summed E-state index contributed by atoms with van der Waals surface area (Å²) < 4.78 is 6.57. The Kier molecular flexibility index (Phi) is 3.67. The molecule has 114 valence electrons. The quantitative estimate of drug-likeness (QED) is 0.730. The number of rotatable bonds is 4. The molecule has 22 heavy (non-hydrogen) atoms. The maximum Gasteiger partial charge on any atom is 0.437 e.